The van der Waals surface area contributed by atoms with E-state index in [1.165, 1.54) is 12.1 Å². The molecule has 0 aromatic heterocycles. The second-order valence-electron chi connectivity index (χ2n) is 3.57. The Morgan fingerprint density at radius 1 is 1.31 bits per heavy atom. The molecule has 16 heavy (non-hydrogen) atoms. The number of rotatable bonds is 2. The van der Waals surface area contributed by atoms with Crippen LogP contribution in [0.3, 0.4) is 0 Å². The van der Waals surface area contributed by atoms with Crippen LogP contribution in [0.2, 0.25) is 0 Å². The number of benzene rings is 1. The SMILES string of the molecule is CN(C)c1ccc(C(F)(F)F)c(CC#N)c1. The molecule has 0 fully saturated rings. The standard InChI is InChI=1S/C11H11F3N2/c1-16(2)9-3-4-10(11(12,13)14)8(7-9)5-6-15/h3-4,7H,5H2,1-2H3. The highest BCUT2D eigenvalue weighted by Gasteiger charge is 2.33. The van der Waals surface area contributed by atoms with Crippen molar-refractivity contribution in [1.82, 2.24) is 0 Å². The minimum absolute atomic E-state index is 0.0150. The van der Waals surface area contributed by atoms with Crippen LogP contribution in [0.25, 0.3) is 0 Å². The Hall–Kier alpha value is -1.70. The fourth-order valence-corrected chi connectivity index (χ4v) is 1.37. The fraction of sp³-hybridized carbons (Fsp3) is 0.364. The van der Waals surface area contributed by atoms with E-state index in [1.807, 2.05) is 0 Å². The van der Waals surface area contributed by atoms with E-state index in [2.05, 4.69) is 0 Å². The van der Waals surface area contributed by atoms with Crippen LogP contribution in [0.5, 0.6) is 0 Å². The van der Waals surface area contributed by atoms with E-state index >= 15 is 0 Å². The number of hydrogen-bond donors (Lipinski definition) is 0. The Bertz CT molecular complexity index is 416. The Balaban J connectivity index is 3.26. The van der Waals surface area contributed by atoms with Crippen molar-refractivity contribution in [2.45, 2.75) is 12.6 Å². The van der Waals surface area contributed by atoms with Gasteiger partial charge in [-0.2, -0.15) is 18.4 Å². The average Bonchev–Trinajstić information content (AvgIpc) is 2.16. The van der Waals surface area contributed by atoms with Crippen LogP contribution in [0.15, 0.2) is 18.2 Å². The van der Waals surface area contributed by atoms with Gasteiger partial charge < -0.3 is 4.90 Å². The number of nitrogens with zero attached hydrogens (tertiary/aromatic N) is 2. The largest absolute Gasteiger partial charge is 0.416 e. The highest BCUT2D eigenvalue weighted by atomic mass is 19.4. The molecule has 0 saturated heterocycles. The molecule has 0 unspecified atom stereocenters. The normalized spacial score (nSPS) is 11.0. The van der Waals surface area contributed by atoms with Crippen LogP contribution >= 0.6 is 0 Å². The van der Waals surface area contributed by atoms with E-state index in [9.17, 15) is 13.2 Å². The molecule has 0 spiro atoms. The maximum absolute atomic E-state index is 12.6. The summed E-state index contributed by atoms with van der Waals surface area (Å²) >= 11 is 0. The van der Waals surface area contributed by atoms with Crippen molar-refractivity contribution in [3.05, 3.63) is 29.3 Å². The van der Waals surface area contributed by atoms with Gasteiger partial charge in [0.1, 0.15) is 0 Å². The summed E-state index contributed by atoms with van der Waals surface area (Å²) in [5, 5.41) is 8.51. The summed E-state index contributed by atoms with van der Waals surface area (Å²) < 4.78 is 37.7. The van der Waals surface area contributed by atoms with E-state index in [0.717, 1.165) is 6.07 Å². The first-order valence-corrected chi connectivity index (χ1v) is 4.60. The van der Waals surface area contributed by atoms with E-state index in [-0.39, 0.29) is 12.0 Å². The van der Waals surface area contributed by atoms with Crippen molar-refractivity contribution < 1.29 is 13.2 Å². The molecule has 0 saturated carbocycles. The summed E-state index contributed by atoms with van der Waals surface area (Å²) in [6.45, 7) is 0. The van der Waals surface area contributed by atoms with Crippen LogP contribution in [-0.4, -0.2) is 14.1 Å². The lowest BCUT2D eigenvalue weighted by Gasteiger charge is -2.16. The van der Waals surface area contributed by atoms with Gasteiger partial charge >= 0.3 is 6.18 Å². The number of halogens is 3. The van der Waals surface area contributed by atoms with Crippen molar-refractivity contribution >= 4 is 5.69 Å². The molecule has 0 aliphatic heterocycles. The molecular weight excluding hydrogens is 217 g/mol. The summed E-state index contributed by atoms with van der Waals surface area (Å²) in [7, 11) is 3.47. The number of nitriles is 1. The Kier molecular flexibility index (Phi) is 3.43. The Labute approximate surface area is 91.9 Å². The van der Waals surface area contributed by atoms with Crippen LogP contribution in [0.4, 0.5) is 18.9 Å². The summed E-state index contributed by atoms with van der Waals surface area (Å²) in [5.74, 6) is 0. The van der Waals surface area contributed by atoms with Crippen LogP contribution < -0.4 is 4.90 Å². The highest BCUT2D eigenvalue weighted by molar-refractivity contribution is 5.51. The fourth-order valence-electron chi connectivity index (χ4n) is 1.37. The molecule has 0 bridgehead atoms. The number of anilines is 1. The van der Waals surface area contributed by atoms with Gasteiger partial charge in [0.15, 0.2) is 0 Å². The van der Waals surface area contributed by atoms with Gasteiger partial charge in [-0.3, -0.25) is 0 Å². The molecule has 0 radical (unpaired) electrons. The first-order valence-electron chi connectivity index (χ1n) is 4.60. The van der Waals surface area contributed by atoms with Gasteiger partial charge in [0.05, 0.1) is 18.1 Å². The van der Waals surface area contributed by atoms with E-state index < -0.39 is 11.7 Å². The van der Waals surface area contributed by atoms with Crippen molar-refractivity contribution in [2.24, 2.45) is 0 Å². The van der Waals surface area contributed by atoms with Crippen molar-refractivity contribution in [1.29, 1.82) is 5.26 Å². The van der Waals surface area contributed by atoms with E-state index in [0.29, 0.717) is 5.69 Å². The summed E-state index contributed by atoms with van der Waals surface area (Å²) in [4.78, 5) is 1.70. The molecule has 0 N–H and O–H groups in total. The maximum atomic E-state index is 12.6. The first-order chi connectivity index (χ1) is 7.36. The summed E-state index contributed by atoms with van der Waals surface area (Å²) in [5.41, 5.74) is -0.0703. The number of hydrogen-bond acceptors (Lipinski definition) is 2. The smallest absolute Gasteiger partial charge is 0.378 e. The Morgan fingerprint density at radius 3 is 2.38 bits per heavy atom. The quantitative estimate of drug-likeness (QED) is 0.778. The number of alkyl halides is 3. The monoisotopic (exact) mass is 228 g/mol. The zero-order valence-corrected chi connectivity index (χ0v) is 8.97. The summed E-state index contributed by atoms with van der Waals surface area (Å²) in [6.07, 6.45) is -4.65. The predicted octanol–water partition coefficient (Wildman–Crippen LogP) is 2.84. The Morgan fingerprint density at radius 2 is 1.94 bits per heavy atom. The zero-order valence-electron chi connectivity index (χ0n) is 8.97. The molecule has 0 heterocycles. The molecule has 86 valence electrons. The van der Waals surface area contributed by atoms with Crippen LogP contribution in [0, 0.1) is 11.3 Å². The highest BCUT2D eigenvalue weighted by Crippen LogP contribution is 2.33. The topological polar surface area (TPSA) is 27.0 Å². The minimum atomic E-state index is -4.41. The molecule has 2 nitrogen and oxygen atoms in total. The average molecular weight is 228 g/mol. The molecule has 0 aliphatic rings. The predicted molar refractivity (Wildman–Crippen MR) is 55.1 cm³/mol. The van der Waals surface area contributed by atoms with Gasteiger partial charge in [0.2, 0.25) is 0 Å². The van der Waals surface area contributed by atoms with Gasteiger partial charge in [-0.1, -0.05) is 0 Å². The molecular formula is C11H11F3N2. The van der Waals surface area contributed by atoms with Gasteiger partial charge in [-0.05, 0) is 23.8 Å². The first kappa shape index (κ1) is 12.4. The van der Waals surface area contributed by atoms with Gasteiger partial charge in [0.25, 0.3) is 0 Å². The molecule has 0 aliphatic carbocycles. The van der Waals surface area contributed by atoms with Crippen LogP contribution in [-0.2, 0) is 12.6 Å². The van der Waals surface area contributed by atoms with Gasteiger partial charge in [-0.25, -0.2) is 0 Å². The molecule has 1 aromatic carbocycles. The second-order valence-corrected chi connectivity index (χ2v) is 3.57. The molecule has 0 atom stereocenters. The third kappa shape index (κ3) is 2.66. The van der Waals surface area contributed by atoms with E-state index in [1.54, 1.807) is 25.1 Å². The molecule has 1 aromatic rings. The van der Waals surface area contributed by atoms with E-state index in [4.69, 9.17) is 5.26 Å². The van der Waals surface area contributed by atoms with Crippen molar-refractivity contribution in [3.63, 3.8) is 0 Å². The van der Waals surface area contributed by atoms with Gasteiger partial charge in [-0.15, -0.1) is 0 Å². The van der Waals surface area contributed by atoms with Gasteiger partial charge in [0, 0.05) is 19.8 Å². The lowest BCUT2D eigenvalue weighted by molar-refractivity contribution is -0.138. The third-order valence-corrected chi connectivity index (χ3v) is 2.18. The zero-order chi connectivity index (χ0) is 12.3. The molecule has 5 heteroatoms. The van der Waals surface area contributed by atoms with Crippen LogP contribution in [0.1, 0.15) is 11.1 Å². The summed E-state index contributed by atoms with van der Waals surface area (Å²) in [6, 6.07) is 5.55. The van der Waals surface area contributed by atoms with Crippen molar-refractivity contribution in [2.75, 3.05) is 19.0 Å². The lowest BCUT2D eigenvalue weighted by atomic mass is 10.0. The maximum Gasteiger partial charge on any atom is 0.416 e. The third-order valence-electron chi connectivity index (χ3n) is 2.18. The lowest BCUT2D eigenvalue weighted by Crippen LogP contribution is -2.13. The van der Waals surface area contributed by atoms with Crippen molar-refractivity contribution in [3.8, 4) is 6.07 Å². The molecule has 0 amide bonds. The molecule has 1 rings (SSSR count). The minimum Gasteiger partial charge on any atom is -0.378 e. The second kappa shape index (κ2) is 4.44.